The fourth-order valence-electron chi connectivity index (χ4n) is 1.49. The van der Waals surface area contributed by atoms with Crippen LogP contribution in [-0.2, 0) is 9.53 Å². The molecule has 8 heteroatoms. The maximum atomic E-state index is 11.9. The summed E-state index contributed by atoms with van der Waals surface area (Å²) in [6, 6.07) is 3.11. The van der Waals surface area contributed by atoms with Gasteiger partial charge in [0, 0.05) is 18.2 Å². The second-order valence-electron chi connectivity index (χ2n) is 4.08. The summed E-state index contributed by atoms with van der Waals surface area (Å²) in [7, 11) is 1.25. The first kappa shape index (κ1) is 15.9. The van der Waals surface area contributed by atoms with Crippen molar-refractivity contribution in [2.75, 3.05) is 7.11 Å². The first-order valence-electron chi connectivity index (χ1n) is 5.66. The molecule has 108 valence electrons. The van der Waals surface area contributed by atoms with Gasteiger partial charge in [0.05, 0.1) is 29.0 Å². The van der Waals surface area contributed by atoms with Crippen LogP contribution in [0.5, 0.6) is 0 Å². The van der Waals surface area contributed by atoms with E-state index in [2.05, 4.69) is 10.1 Å². The minimum Gasteiger partial charge on any atom is -0.469 e. The van der Waals surface area contributed by atoms with E-state index in [1.807, 2.05) is 0 Å². The molecule has 20 heavy (non-hydrogen) atoms. The van der Waals surface area contributed by atoms with Crippen LogP contribution in [0.25, 0.3) is 0 Å². The number of nitrogens with zero attached hydrogens (tertiary/aromatic N) is 1. The number of benzene rings is 1. The molecule has 0 aliphatic heterocycles. The van der Waals surface area contributed by atoms with Crippen LogP contribution in [0, 0.1) is 10.1 Å². The number of carbonyl (C=O) groups excluding carboxylic acids is 2. The summed E-state index contributed by atoms with van der Waals surface area (Å²) in [6.45, 7) is 1.63. The zero-order chi connectivity index (χ0) is 15.3. The number of nitro benzene ring substituents is 1. The summed E-state index contributed by atoms with van der Waals surface area (Å²) in [5.41, 5.74) is -0.0943. The number of nitro groups is 1. The van der Waals surface area contributed by atoms with Gasteiger partial charge >= 0.3 is 5.97 Å². The summed E-state index contributed by atoms with van der Waals surface area (Å²) < 4.78 is 4.48. The van der Waals surface area contributed by atoms with Crippen LogP contribution in [0.1, 0.15) is 23.7 Å². The quantitative estimate of drug-likeness (QED) is 0.509. The van der Waals surface area contributed by atoms with Crippen LogP contribution in [0.2, 0.25) is 5.02 Å². The highest BCUT2D eigenvalue weighted by Gasteiger charge is 2.17. The van der Waals surface area contributed by atoms with E-state index in [9.17, 15) is 19.7 Å². The molecule has 1 amide bonds. The second kappa shape index (κ2) is 6.85. The molecule has 0 radical (unpaired) electrons. The molecular weight excluding hydrogens is 288 g/mol. The Bertz CT molecular complexity index is 547. The number of carbonyl (C=O) groups is 2. The Morgan fingerprint density at radius 3 is 2.65 bits per heavy atom. The van der Waals surface area contributed by atoms with Gasteiger partial charge < -0.3 is 10.1 Å². The molecule has 0 aliphatic carbocycles. The van der Waals surface area contributed by atoms with Gasteiger partial charge in [0.25, 0.3) is 11.6 Å². The van der Waals surface area contributed by atoms with Gasteiger partial charge in [-0.1, -0.05) is 11.6 Å². The summed E-state index contributed by atoms with van der Waals surface area (Å²) in [5.74, 6) is -0.964. The first-order valence-corrected chi connectivity index (χ1v) is 6.04. The predicted octanol–water partition coefficient (Wildman–Crippen LogP) is 1.93. The highest BCUT2D eigenvalue weighted by Crippen LogP contribution is 2.22. The number of amides is 1. The van der Waals surface area contributed by atoms with E-state index in [1.54, 1.807) is 6.92 Å². The maximum absolute atomic E-state index is 11.9. The Labute approximate surface area is 120 Å². The number of rotatable bonds is 5. The standard InChI is InChI=1S/C12H13ClN2O5/c1-7(5-11(16)20-2)14-12(17)9-4-3-8(15(18)19)6-10(9)13/h3-4,6-7H,5H2,1-2H3,(H,14,17). The first-order chi connectivity index (χ1) is 9.35. The number of methoxy groups -OCH3 is 1. The number of esters is 1. The molecule has 7 nitrogen and oxygen atoms in total. The van der Waals surface area contributed by atoms with Gasteiger partial charge in [-0.05, 0) is 13.0 Å². The molecule has 1 atom stereocenters. The van der Waals surface area contributed by atoms with E-state index in [4.69, 9.17) is 11.6 Å². The van der Waals surface area contributed by atoms with Crippen molar-refractivity contribution >= 4 is 29.2 Å². The molecule has 0 aliphatic rings. The molecule has 0 fully saturated rings. The van der Waals surface area contributed by atoms with Crippen molar-refractivity contribution in [3.63, 3.8) is 0 Å². The summed E-state index contributed by atoms with van der Waals surface area (Å²) in [5, 5.41) is 13.1. The summed E-state index contributed by atoms with van der Waals surface area (Å²) in [6.07, 6.45) is 0.0207. The molecular formula is C12H13ClN2O5. The highest BCUT2D eigenvalue weighted by atomic mass is 35.5. The van der Waals surface area contributed by atoms with E-state index in [0.29, 0.717) is 0 Å². The van der Waals surface area contributed by atoms with E-state index in [1.165, 1.54) is 19.2 Å². The average molecular weight is 301 g/mol. The van der Waals surface area contributed by atoms with Crippen molar-refractivity contribution in [3.8, 4) is 0 Å². The fourth-order valence-corrected chi connectivity index (χ4v) is 1.75. The molecule has 0 saturated heterocycles. The predicted molar refractivity (Wildman–Crippen MR) is 71.7 cm³/mol. The normalized spacial score (nSPS) is 11.6. The summed E-state index contributed by atoms with van der Waals surface area (Å²) >= 11 is 5.83. The SMILES string of the molecule is COC(=O)CC(C)NC(=O)c1ccc([N+](=O)[O-])cc1Cl. The molecule has 0 saturated carbocycles. The molecule has 0 aromatic heterocycles. The van der Waals surface area contributed by atoms with Gasteiger partial charge in [0.1, 0.15) is 0 Å². The van der Waals surface area contributed by atoms with Crippen molar-refractivity contribution in [2.45, 2.75) is 19.4 Å². The van der Waals surface area contributed by atoms with Crippen molar-refractivity contribution in [3.05, 3.63) is 38.9 Å². The summed E-state index contributed by atoms with van der Waals surface area (Å²) in [4.78, 5) is 32.9. The third-order valence-corrected chi connectivity index (χ3v) is 2.80. The lowest BCUT2D eigenvalue weighted by Crippen LogP contribution is -2.34. The van der Waals surface area contributed by atoms with Crippen molar-refractivity contribution in [1.29, 1.82) is 0 Å². The zero-order valence-corrected chi connectivity index (χ0v) is 11.6. The van der Waals surface area contributed by atoms with E-state index in [-0.39, 0.29) is 22.7 Å². The third-order valence-electron chi connectivity index (χ3n) is 2.49. The van der Waals surface area contributed by atoms with Gasteiger partial charge in [-0.3, -0.25) is 19.7 Å². The smallest absolute Gasteiger partial charge is 0.307 e. The van der Waals surface area contributed by atoms with Gasteiger partial charge in [-0.2, -0.15) is 0 Å². The number of non-ortho nitro benzene ring substituents is 1. The molecule has 1 rings (SSSR count). The highest BCUT2D eigenvalue weighted by molar-refractivity contribution is 6.34. The lowest BCUT2D eigenvalue weighted by Gasteiger charge is -2.13. The molecule has 1 aromatic carbocycles. The molecule has 0 spiro atoms. The molecule has 1 unspecified atom stereocenters. The fraction of sp³-hybridized carbons (Fsp3) is 0.333. The Morgan fingerprint density at radius 2 is 2.15 bits per heavy atom. The van der Waals surface area contributed by atoms with Gasteiger partial charge in [-0.25, -0.2) is 0 Å². The number of ether oxygens (including phenoxy) is 1. The number of halogens is 1. The van der Waals surface area contributed by atoms with E-state index >= 15 is 0 Å². The number of nitrogens with one attached hydrogen (secondary N) is 1. The molecule has 1 N–H and O–H groups in total. The number of hydrogen-bond acceptors (Lipinski definition) is 5. The second-order valence-corrected chi connectivity index (χ2v) is 4.48. The van der Waals surface area contributed by atoms with Crippen molar-refractivity contribution < 1.29 is 19.2 Å². The monoisotopic (exact) mass is 300 g/mol. The van der Waals surface area contributed by atoms with E-state index < -0.39 is 22.8 Å². The van der Waals surface area contributed by atoms with Crippen molar-refractivity contribution in [1.82, 2.24) is 5.32 Å². The largest absolute Gasteiger partial charge is 0.469 e. The van der Waals surface area contributed by atoms with Crippen LogP contribution in [0.3, 0.4) is 0 Å². The molecule has 1 aromatic rings. The van der Waals surface area contributed by atoms with Crippen molar-refractivity contribution in [2.24, 2.45) is 0 Å². The van der Waals surface area contributed by atoms with E-state index in [0.717, 1.165) is 6.07 Å². The Hall–Kier alpha value is -2.15. The van der Waals surface area contributed by atoms with Gasteiger partial charge in [0.2, 0.25) is 0 Å². The molecule has 0 bridgehead atoms. The average Bonchev–Trinajstić information content (AvgIpc) is 2.37. The maximum Gasteiger partial charge on any atom is 0.307 e. The lowest BCUT2D eigenvalue weighted by molar-refractivity contribution is -0.384. The van der Waals surface area contributed by atoms with Crippen LogP contribution >= 0.6 is 11.6 Å². The lowest BCUT2D eigenvalue weighted by atomic mass is 10.1. The number of hydrogen-bond donors (Lipinski definition) is 1. The van der Waals surface area contributed by atoms with Gasteiger partial charge in [-0.15, -0.1) is 0 Å². The van der Waals surface area contributed by atoms with Crippen LogP contribution in [-0.4, -0.2) is 30.0 Å². The Kier molecular flexibility index (Phi) is 5.45. The topological polar surface area (TPSA) is 98.5 Å². The van der Waals surface area contributed by atoms with Crippen LogP contribution in [0.4, 0.5) is 5.69 Å². The third kappa shape index (κ3) is 4.20. The van der Waals surface area contributed by atoms with Crippen LogP contribution in [0.15, 0.2) is 18.2 Å². The minimum absolute atomic E-state index is 0.0207. The minimum atomic E-state index is -0.604. The Morgan fingerprint density at radius 1 is 1.50 bits per heavy atom. The van der Waals surface area contributed by atoms with Gasteiger partial charge in [0.15, 0.2) is 0 Å². The Balaban J connectivity index is 2.77. The molecule has 0 heterocycles. The zero-order valence-electron chi connectivity index (χ0n) is 10.9. The van der Waals surface area contributed by atoms with Crippen LogP contribution < -0.4 is 5.32 Å².